The largest absolute Gasteiger partial charge is 0.419 e. The molecule has 92 valence electrons. The lowest BCUT2D eigenvalue weighted by Gasteiger charge is -2.27. The van der Waals surface area contributed by atoms with E-state index in [0.29, 0.717) is 5.75 Å². The number of hydrogen-bond acceptors (Lipinski definition) is 3. The Bertz CT molecular complexity index is 493. The number of amides is 1. The van der Waals surface area contributed by atoms with Gasteiger partial charge in [0.25, 0.3) is 0 Å². The molecule has 4 heteroatoms. The summed E-state index contributed by atoms with van der Waals surface area (Å²) in [6.07, 6.45) is 4.09. The molecule has 0 N–H and O–H groups in total. The SMILES string of the molecule is C=C[C@@H]1CC(=O)C=CN1C(=O)Oc1ccccc1. The summed E-state index contributed by atoms with van der Waals surface area (Å²) in [4.78, 5) is 24.5. The molecule has 0 aliphatic carbocycles. The first kappa shape index (κ1) is 12.1. The van der Waals surface area contributed by atoms with Crippen LogP contribution in [0.15, 0.2) is 55.3 Å². The molecule has 0 spiro atoms. The van der Waals surface area contributed by atoms with Crippen molar-refractivity contribution in [2.24, 2.45) is 0 Å². The quantitative estimate of drug-likeness (QED) is 0.750. The van der Waals surface area contributed by atoms with Crippen molar-refractivity contribution in [3.05, 3.63) is 55.3 Å². The summed E-state index contributed by atoms with van der Waals surface area (Å²) >= 11 is 0. The summed E-state index contributed by atoms with van der Waals surface area (Å²) in [5.41, 5.74) is 0. The zero-order valence-corrected chi connectivity index (χ0v) is 9.78. The molecule has 1 heterocycles. The van der Waals surface area contributed by atoms with Crippen LogP contribution in [0, 0.1) is 0 Å². The van der Waals surface area contributed by atoms with Crippen LogP contribution in [-0.4, -0.2) is 22.8 Å². The normalized spacial score (nSPS) is 18.6. The predicted molar refractivity (Wildman–Crippen MR) is 67.1 cm³/mol. The first-order valence-electron chi connectivity index (χ1n) is 5.59. The lowest BCUT2D eigenvalue weighted by molar-refractivity contribution is -0.115. The van der Waals surface area contributed by atoms with E-state index < -0.39 is 6.09 Å². The average molecular weight is 243 g/mol. The fourth-order valence-corrected chi connectivity index (χ4v) is 1.68. The number of ether oxygens (including phenoxy) is 1. The summed E-state index contributed by atoms with van der Waals surface area (Å²) < 4.78 is 5.20. The van der Waals surface area contributed by atoms with Crippen molar-refractivity contribution >= 4 is 11.9 Å². The highest BCUT2D eigenvalue weighted by Gasteiger charge is 2.26. The van der Waals surface area contributed by atoms with Gasteiger partial charge in [0.1, 0.15) is 5.75 Å². The number of carbonyl (C=O) groups excluding carboxylic acids is 2. The highest BCUT2D eigenvalue weighted by atomic mass is 16.6. The minimum atomic E-state index is -0.519. The number of rotatable bonds is 2. The number of carbonyl (C=O) groups is 2. The maximum atomic E-state index is 11.9. The number of hydrogen-bond donors (Lipinski definition) is 0. The number of allylic oxidation sites excluding steroid dienone is 1. The standard InChI is InChI=1S/C14H13NO3/c1-2-11-10-12(16)8-9-15(11)14(17)18-13-6-4-3-5-7-13/h2-9,11H,1,10H2/t11-/m1/s1. The van der Waals surface area contributed by atoms with E-state index in [0.717, 1.165) is 0 Å². The summed E-state index contributed by atoms with van der Waals surface area (Å²) in [5, 5.41) is 0. The molecule has 4 nitrogen and oxygen atoms in total. The first-order chi connectivity index (χ1) is 8.70. The third-order valence-corrected chi connectivity index (χ3v) is 2.62. The lowest BCUT2D eigenvalue weighted by atomic mass is 10.1. The van der Waals surface area contributed by atoms with Crippen LogP contribution < -0.4 is 4.74 Å². The van der Waals surface area contributed by atoms with Crippen molar-refractivity contribution in [1.82, 2.24) is 4.90 Å². The van der Waals surface area contributed by atoms with E-state index in [2.05, 4.69) is 6.58 Å². The number of nitrogens with zero attached hydrogens (tertiary/aromatic N) is 1. The molecule has 0 saturated carbocycles. The molecule has 1 aromatic carbocycles. The molecule has 1 aromatic rings. The van der Waals surface area contributed by atoms with E-state index >= 15 is 0 Å². The van der Waals surface area contributed by atoms with Gasteiger partial charge in [-0.25, -0.2) is 4.79 Å². The molecule has 0 fully saturated rings. The maximum Gasteiger partial charge on any atom is 0.419 e. The topological polar surface area (TPSA) is 46.6 Å². The summed E-state index contributed by atoms with van der Waals surface area (Å²) in [6, 6.07) is 8.44. The molecule has 0 unspecified atom stereocenters. The number of benzene rings is 1. The Morgan fingerprint density at radius 2 is 2.11 bits per heavy atom. The maximum absolute atomic E-state index is 11.9. The summed E-state index contributed by atoms with van der Waals surface area (Å²) in [7, 11) is 0. The molecule has 0 aromatic heterocycles. The van der Waals surface area contributed by atoms with Gasteiger partial charge in [-0.1, -0.05) is 24.3 Å². The van der Waals surface area contributed by atoms with E-state index in [1.807, 2.05) is 6.07 Å². The van der Waals surface area contributed by atoms with Crippen molar-refractivity contribution in [1.29, 1.82) is 0 Å². The molecule has 18 heavy (non-hydrogen) atoms. The van der Waals surface area contributed by atoms with Gasteiger partial charge in [0, 0.05) is 12.6 Å². The van der Waals surface area contributed by atoms with E-state index in [4.69, 9.17) is 4.74 Å². The van der Waals surface area contributed by atoms with Crippen molar-refractivity contribution < 1.29 is 14.3 Å². The fraction of sp³-hybridized carbons (Fsp3) is 0.143. The monoisotopic (exact) mass is 243 g/mol. The Morgan fingerprint density at radius 3 is 2.78 bits per heavy atom. The van der Waals surface area contributed by atoms with Crippen LogP contribution in [0.5, 0.6) is 5.75 Å². The summed E-state index contributed by atoms with van der Waals surface area (Å²) in [6.45, 7) is 3.62. The average Bonchev–Trinajstić information content (AvgIpc) is 2.39. The molecule has 1 amide bonds. The molecular weight excluding hydrogens is 230 g/mol. The van der Waals surface area contributed by atoms with Crippen molar-refractivity contribution in [3.63, 3.8) is 0 Å². The Kier molecular flexibility index (Phi) is 3.57. The molecule has 2 rings (SSSR count). The second-order valence-corrected chi connectivity index (χ2v) is 3.88. The van der Waals surface area contributed by atoms with Gasteiger partial charge in [0.15, 0.2) is 5.78 Å². The van der Waals surface area contributed by atoms with Gasteiger partial charge in [-0.2, -0.15) is 0 Å². The Labute approximate surface area is 105 Å². The van der Waals surface area contributed by atoms with Gasteiger partial charge in [-0.3, -0.25) is 9.69 Å². The summed E-state index contributed by atoms with van der Waals surface area (Å²) in [5.74, 6) is 0.444. The van der Waals surface area contributed by atoms with Gasteiger partial charge in [-0.05, 0) is 18.2 Å². The molecule has 0 radical (unpaired) electrons. The lowest BCUT2D eigenvalue weighted by Crippen LogP contribution is -2.40. The molecule has 0 bridgehead atoms. The zero-order valence-electron chi connectivity index (χ0n) is 9.78. The van der Waals surface area contributed by atoms with Crippen LogP contribution >= 0.6 is 0 Å². The van der Waals surface area contributed by atoms with Crippen molar-refractivity contribution in [3.8, 4) is 5.75 Å². The second-order valence-electron chi connectivity index (χ2n) is 3.88. The van der Waals surface area contributed by atoms with Gasteiger partial charge in [-0.15, -0.1) is 6.58 Å². The van der Waals surface area contributed by atoms with Gasteiger partial charge >= 0.3 is 6.09 Å². The van der Waals surface area contributed by atoms with E-state index in [9.17, 15) is 9.59 Å². The van der Waals surface area contributed by atoms with E-state index in [1.165, 1.54) is 17.2 Å². The van der Waals surface area contributed by atoms with Crippen LogP contribution in [0.3, 0.4) is 0 Å². The zero-order chi connectivity index (χ0) is 13.0. The smallest absolute Gasteiger partial charge is 0.410 e. The van der Waals surface area contributed by atoms with E-state index in [-0.39, 0.29) is 18.2 Å². The number of para-hydroxylation sites is 1. The Balaban J connectivity index is 2.11. The highest BCUT2D eigenvalue weighted by molar-refractivity contribution is 5.92. The van der Waals surface area contributed by atoms with Crippen molar-refractivity contribution in [2.75, 3.05) is 0 Å². The molecule has 1 aliphatic rings. The molecule has 1 atom stereocenters. The van der Waals surface area contributed by atoms with Crippen LogP contribution in [0.1, 0.15) is 6.42 Å². The Hall–Kier alpha value is -2.36. The van der Waals surface area contributed by atoms with Crippen LogP contribution in [0.4, 0.5) is 4.79 Å². The minimum absolute atomic E-state index is 0.0244. The van der Waals surface area contributed by atoms with Gasteiger partial charge < -0.3 is 4.74 Å². The van der Waals surface area contributed by atoms with Crippen LogP contribution in [-0.2, 0) is 4.79 Å². The van der Waals surface area contributed by atoms with Crippen LogP contribution in [0.25, 0.3) is 0 Å². The number of ketones is 1. The highest BCUT2D eigenvalue weighted by Crippen LogP contribution is 2.17. The fourth-order valence-electron chi connectivity index (χ4n) is 1.68. The van der Waals surface area contributed by atoms with Crippen LogP contribution in [0.2, 0.25) is 0 Å². The molecule has 1 aliphatic heterocycles. The van der Waals surface area contributed by atoms with E-state index in [1.54, 1.807) is 30.3 Å². The second kappa shape index (κ2) is 5.31. The third kappa shape index (κ3) is 2.66. The third-order valence-electron chi connectivity index (χ3n) is 2.62. The Morgan fingerprint density at radius 1 is 1.39 bits per heavy atom. The molecule has 0 saturated heterocycles. The van der Waals surface area contributed by atoms with Gasteiger partial charge in [0.05, 0.1) is 6.04 Å². The van der Waals surface area contributed by atoms with Gasteiger partial charge in [0.2, 0.25) is 0 Å². The van der Waals surface area contributed by atoms with Crippen molar-refractivity contribution in [2.45, 2.75) is 12.5 Å². The minimum Gasteiger partial charge on any atom is -0.410 e. The molecular formula is C14H13NO3. The predicted octanol–water partition coefficient (Wildman–Crippen LogP) is 2.53. The first-order valence-corrected chi connectivity index (χ1v) is 5.59.